The van der Waals surface area contributed by atoms with Crippen LogP contribution in [0.25, 0.3) is 0 Å². The van der Waals surface area contributed by atoms with E-state index in [1.807, 2.05) is 36.5 Å². The van der Waals surface area contributed by atoms with Crippen molar-refractivity contribution in [2.45, 2.75) is 38.5 Å². The van der Waals surface area contributed by atoms with Crippen LogP contribution in [0.2, 0.25) is 0 Å². The Bertz CT molecular complexity index is 630. The maximum atomic E-state index is 5.96. The molecule has 0 aliphatic carbocycles. The number of ether oxygens (including phenoxy) is 3. The van der Waals surface area contributed by atoms with Crippen molar-refractivity contribution >= 4 is 0 Å². The standard InChI is InChI=1S/C21H28N2O3/c1-2-9-21(26-16-18-6-3-10-22-14-18)19(7-1)15-23-11-5-12-24-17-20-8-4-13-25-20/h1-3,6-7,9-10,14,20,23H,4-5,8,11-13,15-17H2. The molecule has 1 fully saturated rings. The first-order valence-corrected chi connectivity index (χ1v) is 9.41. The van der Waals surface area contributed by atoms with Crippen LogP contribution in [0.4, 0.5) is 0 Å². The summed E-state index contributed by atoms with van der Waals surface area (Å²) in [6.07, 6.45) is 7.20. The van der Waals surface area contributed by atoms with Crippen molar-refractivity contribution in [3.63, 3.8) is 0 Å². The monoisotopic (exact) mass is 356 g/mol. The molecule has 1 aromatic carbocycles. The van der Waals surface area contributed by atoms with E-state index >= 15 is 0 Å². The number of hydrogen-bond acceptors (Lipinski definition) is 5. The van der Waals surface area contributed by atoms with Gasteiger partial charge in [0, 0.05) is 43.3 Å². The number of nitrogens with one attached hydrogen (secondary N) is 1. The fraction of sp³-hybridized carbons (Fsp3) is 0.476. The van der Waals surface area contributed by atoms with Gasteiger partial charge >= 0.3 is 0 Å². The molecule has 5 nitrogen and oxygen atoms in total. The van der Waals surface area contributed by atoms with E-state index in [-0.39, 0.29) is 0 Å². The Morgan fingerprint density at radius 2 is 2.15 bits per heavy atom. The second-order valence-electron chi connectivity index (χ2n) is 6.50. The Morgan fingerprint density at radius 3 is 3.00 bits per heavy atom. The third-order valence-corrected chi connectivity index (χ3v) is 4.38. The summed E-state index contributed by atoms with van der Waals surface area (Å²) in [7, 11) is 0. The summed E-state index contributed by atoms with van der Waals surface area (Å²) in [6, 6.07) is 12.1. The smallest absolute Gasteiger partial charge is 0.124 e. The molecule has 0 bridgehead atoms. The molecule has 5 heteroatoms. The molecule has 2 heterocycles. The second kappa shape index (κ2) is 10.9. The highest BCUT2D eigenvalue weighted by Gasteiger charge is 2.14. The van der Waals surface area contributed by atoms with Gasteiger partial charge in [0.05, 0.1) is 12.7 Å². The fourth-order valence-corrected chi connectivity index (χ4v) is 2.95. The zero-order valence-corrected chi connectivity index (χ0v) is 15.2. The van der Waals surface area contributed by atoms with Gasteiger partial charge < -0.3 is 19.5 Å². The van der Waals surface area contributed by atoms with E-state index in [4.69, 9.17) is 14.2 Å². The van der Waals surface area contributed by atoms with E-state index in [0.29, 0.717) is 12.7 Å². The van der Waals surface area contributed by atoms with Gasteiger partial charge in [0.1, 0.15) is 12.4 Å². The fourth-order valence-electron chi connectivity index (χ4n) is 2.95. The first kappa shape index (κ1) is 18.8. The van der Waals surface area contributed by atoms with Gasteiger partial charge in [-0.1, -0.05) is 24.3 Å². The first-order chi connectivity index (χ1) is 12.9. The third-order valence-electron chi connectivity index (χ3n) is 4.38. The van der Waals surface area contributed by atoms with Gasteiger partial charge in [-0.3, -0.25) is 4.98 Å². The van der Waals surface area contributed by atoms with E-state index in [1.165, 1.54) is 0 Å². The van der Waals surface area contributed by atoms with Crippen LogP contribution in [-0.4, -0.2) is 37.5 Å². The van der Waals surface area contributed by atoms with Gasteiger partial charge in [0.2, 0.25) is 0 Å². The maximum Gasteiger partial charge on any atom is 0.124 e. The number of rotatable bonds is 11. The van der Waals surface area contributed by atoms with Crippen molar-refractivity contribution < 1.29 is 14.2 Å². The molecule has 1 aliphatic rings. The van der Waals surface area contributed by atoms with Gasteiger partial charge in [-0.25, -0.2) is 0 Å². The normalized spacial score (nSPS) is 16.7. The van der Waals surface area contributed by atoms with Gasteiger partial charge in [-0.05, 0) is 37.9 Å². The van der Waals surface area contributed by atoms with Gasteiger partial charge in [-0.15, -0.1) is 0 Å². The number of benzene rings is 1. The van der Waals surface area contributed by atoms with Crippen LogP contribution in [-0.2, 0) is 22.6 Å². The molecule has 1 aliphatic heterocycles. The third kappa shape index (κ3) is 6.41. The molecule has 0 spiro atoms. The Labute approximate surface area is 155 Å². The number of nitrogens with zero attached hydrogens (tertiary/aromatic N) is 1. The summed E-state index contributed by atoms with van der Waals surface area (Å²) < 4.78 is 17.2. The molecule has 1 saturated heterocycles. The summed E-state index contributed by atoms with van der Waals surface area (Å²) in [5, 5.41) is 3.47. The van der Waals surface area contributed by atoms with E-state index in [1.54, 1.807) is 6.20 Å². The van der Waals surface area contributed by atoms with Gasteiger partial charge in [0.25, 0.3) is 0 Å². The minimum atomic E-state index is 0.312. The molecule has 26 heavy (non-hydrogen) atoms. The average molecular weight is 356 g/mol. The van der Waals surface area contributed by atoms with Gasteiger partial charge in [-0.2, -0.15) is 0 Å². The van der Waals surface area contributed by atoms with E-state index < -0.39 is 0 Å². The Morgan fingerprint density at radius 1 is 1.19 bits per heavy atom. The molecule has 0 amide bonds. The van der Waals surface area contributed by atoms with Crippen LogP contribution < -0.4 is 10.1 Å². The van der Waals surface area contributed by atoms with Crippen molar-refractivity contribution in [3.05, 3.63) is 59.9 Å². The van der Waals surface area contributed by atoms with Crippen molar-refractivity contribution in [1.29, 1.82) is 0 Å². The number of pyridine rings is 1. The lowest BCUT2D eigenvalue weighted by atomic mass is 10.2. The molecule has 1 unspecified atom stereocenters. The van der Waals surface area contributed by atoms with E-state index in [0.717, 1.165) is 69.0 Å². The molecule has 2 aromatic rings. The summed E-state index contributed by atoms with van der Waals surface area (Å²) >= 11 is 0. The van der Waals surface area contributed by atoms with Crippen LogP contribution in [0.5, 0.6) is 5.75 Å². The minimum absolute atomic E-state index is 0.312. The minimum Gasteiger partial charge on any atom is -0.489 e. The predicted octanol–water partition coefficient (Wildman–Crippen LogP) is 3.34. The first-order valence-electron chi connectivity index (χ1n) is 9.41. The van der Waals surface area contributed by atoms with Crippen molar-refractivity contribution in [1.82, 2.24) is 10.3 Å². The summed E-state index contributed by atoms with van der Waals surface area (Å²) in [4.78, 5) is 4.12. The number of aromatic nitrogens is 1. The highest BCUT2D eigenvalue weighted by atomic mass is 16.5. The van der Waals surface area contributed by atoms with Gasteiger partial charge in [0.15, 0.2) is 0 Å². The SMILES string of the molecule is c1cncc(COc2ccccc2CNCCCOCC2CCCO2)c1. The Kier molecular flexibility index (Phi) is 7.90. The molecule has 1 N–H and O–H groups in total. The van der Waals surface area contributed by atoms with Crippen LogP contribution in [0, 0.1) is 0 Å². The highest BCUT2D eigenvalue weighted by Crippen LogP contribution is 2.19. The van der Waals surface area contributed by atoms with E-state index in [9.17, 15) is 0 Å². The molecule has 1 atom stereocenters. The zero-order chi connectivity index (χ0) is 17.9. The summed E-state index contributed by atoms with van der Waals surface area (Å²) in [6.45, 7) is 4.62. The molecule has 3 rings (SSSR count). The van der Waals surface area contributed by atoms with E-state index in [2.05, 4.69) is 16.4 Å². The number of para-hydroxylation sites is 1. The lowest BCUT2D eigenvalue weighted by Gasteiger charge is -2.13. The lowest BCUT2D eigenvalue weighted by molar-refractivity contribution is 0.0166. The topological polar surface area (TPSA) is 52.6 Å². The summed E-state index contributed by atoms with van der Waals surface area (Å²) in [5.74, 6) is 0.915. The lowest BCUT2D eigenvalue weighted by Crippen LogP contribution is -2.19. The molecule has 140 valence electrons. The highest BCUT2D eigenvalue weighted by molar-refractivity contribution is 5.33. The van der Waals surface area contributed by atoms with Crippen LogP contribution in [0.15, 0.2) is 48.8 Å². The molecule has 1 aromatic heterocycles. The second-order valence-corrected chi connectivity index (χ2v) is 6.50. The Hall–Kier alpha value is -1.95. The predicted molar refractivity (Wildman–Crippen MR) is 101 cm³/mol. The molecule has 0 radical (unpaired) electrons. The van der Waals surface area contributed by atoms with Crippen molar-refractivity contribution in [2.24, 2.45) is 0 Å². The quantitative estimate of drug-likeness (QED) is 0.626. The van der Waals surface area contributed by atoms with Crippen LogP contribution >= 0.6 is 0 Å². The average Bonchev–Trinajstić information content (AvgIpc) is 3.21. The summed E-state index contributed by atoms with van der Waals surface area (Å²) in [5.41, 5.74) is 2.23. The number of hydrogen-bond donors (Lipinski definition) is 1. The Balaban J connectivity index is 1.32. The molecular weight excluding hydrogens is 328 g/mol. The largest absolute Gasteiger partial charge is 0.489 e. The van der Waals surface area contributed by atoms with Crippen molar-refractivity contribution in [3.8, 4) is 5.75 Å². The van der Waals surface area contributed by atoms with Crippen LogP contribution in [0.3, 0.4) is 0 Å². The molecule has 0 saturated carbocycles. The van der Waals surface area contributed by atoms with Crippen LogP contribution in [0.1, 0.15) is 30.4 Å². The molecular formula is C21H28N2O3. The zero-order valence-electron chi connectivity index (χ0n) is 15.2. The maximum absolute atomic E-state index is 5.96. The van der Waals surface area contributed by atoms with Crippen molar-refractivity contribution in [2.75, 3.05) is 26.4 Å².